The first-order chi connectivity index (χ1) is 8.65. The first-order valence-electron chi connectivity index (χ1n) is 6.34. The van der Waals surface area contributed by atoms with E-state index in [0.717, 1.165) is 37.1 Å². The molecule has 0 bridgehead atoms. The van der Waals surface area contributed by atoms with E-state index >= 15 is 0 Å². The average molecular weight is 251 g/mol. The molecule has 1 saturated carbocycles. The number of nitrogen functional groups attached to an aromatic ring is 1. The molecule has 2 unspecified atom stereocenters. The maximum atomic E-state index is 10.1. The van der Waals surface area contributed by atoms with Crippen molar-refractivity contribution in [3.8, 4) is 0 Å². The minimum atomic E-state index is -0.285. The lowest BCUT2D eigenvalue weighted by Crippen LogP contribution is -2.44. The molecule has 1 heterocycles. The molecule has 0 radical (unpaired) electrons. The monoisotopic (exact) mass is 251 g/mol. The van der Waals surface area contributed by atoms with Gasteiger partial charge >= 0.3 is 0 Å². The smallest absolute Gasteiger partial charge is 0.148 e. The van der Waals surface area contributed by atoms with Gasteiger partial charge in [0.05, 0.1) is 12.1 Å². The first-order valence-corrected chi connectivity index (χ1v) is 6.34. The summed E-state index contributed by atoms with van der Waals surface area (Å²) in [5, 5.41) is 10.1. The Balaban J connectivity index is 2.24. The Hall–Kier alpha value is -1.40. The Kier molecular flexibility index (Phi) is 3.98. The van der Waals surface area contributed by atoms with Crippen LogP contribution >= 0.6 is 0 Å². The Morgan fingerprint density at radius 2 is 2.11 bits per heavy atom. The maximum Gasteiger partial charge on any atom is 0.148 e. The number of hydrazine groups is 1. The van der Waals surface area contributed by atoms with Crippen molar-refractivity contribution in [2.24, 2.45) is 5.84 Å². The standard InChI is InChI=1S/C12H21N5O/c1-8-11(16-13)14-7-15-12(8)17(2)9-5-3-4-6-10(9)18/h7,9-10,18H,3-6,13H2,1-2H3,(H,14,15,16). The van der Waals surface area contributed by atoms with E-state index in [4.69, 9.17) is 5.84 Å². The Bertz CT molecular complexity index is 411. The predicted octanol–water partition coefficient (Wildman–Crippen LogP) is 0.810. The molecule has 6 heteroatoms. The largest absolute Gasteiger partial charge is 0.391 e. The van der Waals surface area contributed by atoms with Gasteiger partial charge in [0.15, 0.2) is 0 Å². The summed E-state index contributed by atoms with van der Waals surface area (Å²) in [5.41, 5.74) is 3.47. The second-order valence-corrected chi connectivity index (χ2v) is 4.85. The van der Waals surface area contributed by atoms with Crippen molar-refractivity contribution in [3.63, 3.8) is 0 Å². The zero-order valence-electron chi connectivity index (χ0n) is 10.9. The van der Waals surface area contributed by atoms with Gasteiger partial charge in [-0.05, 0) is 19.8 Å². The van der Waals surface area contributed by atoms with Crippen LogP contribution in [0.5, 0.6) is 0 Å². The number of nitrogens with zero attached hydrogens (tertiary/aromatic N) is 3. The van der Waals surface area contributed by atoms with Gasteiger partial charge in [-0.2, -0.15) is 0 Å². The zero-order chi connectivity index (χ0) is 13.1. The molecular formula is C12H21N5O. The van der Waals surface area contributed by atoms with E-state index in [2.05, 4.69) is 15.4 Å². The quantitative estimate of drug-likeness (QED) is 0.544. The Labute approximate surface area is 107 Å². The van der Waals surface area contributed by atoms with Gasteiger partial charge in [0.2, 0.25) is 0 Å². The number of hydrogen-bond donors (Lipinski definition) is 3. The van der Waals surface area contributed by atoms with Crippen LogP contribution in [0.4, 0.5) is 11.6 Å². The molecule has 1 fully saturated rings. The second kappa shape index (κ2) is 5.49. The molecule has 100 valence electrons. The van der Waals surface area contributed by atoms with Gasteiger partial charge in [-0.1, -0.05) is 12.8 Å². The molecule has 0 amide bonds. The molecular weight excluding hydrogens is 230 g/mol. The second-order valence-electron chi connectivity index (χ2n) is 4.85. The minimum Gasteiger partial charge on any atom is -0.391 e. The summed E-state index contributed by atoms with van der Waals surface area (Å²) < 4.78 is 0. The topological polar surface area (TPSA) is 87.3 Å². The molecule has 1 aliphatic rings. The van der Waals surface area contributed by atoms with Crippen molar-refractivity contribution in [1.82, 2.24) is 9.97 Å². The number of hydrogen-bond acceptors (Lipinski definition) is 6. The molecule has 0 saturated heterocycles. The number of rotatable bonds is 3. The van der Waals surface area contributed by atoms with Crippen molar-refractivity contribution < 1.29 is 5.11 Å². The highest BCUT2D eigenvalue weighted by molar-refractivity contribution is 5.57. The van der Waals surface area contributed by atoms with Crippen molar-refractivity contribution in [3.05, 3.63) is 11.9 Å². The number of aliphatic hydroxyl groups excluding tert-OH is 1. The summed E-state index contributed by atoms with van der Waals surface area (Å²) in [7, 11) is 1.97. The van der Waals surface area contributed by atoms with Gasteiger partial charge in [-0.25, -0.2) is 15.8 Å². The third kappa shape index (κ3) is 2.39. The van der Waals surface area contributed by atoms with Crippen LogP contribution in [0.25, 0.3) is 0 Å². The van der Waals surface area contributed by atoms with Crippen molar-refractivity contribution in [1.29, 1.82) is 0 Å². The molecule has 4 N–H and O–H groups in total. The Morgan fingerprint density at radius 3 is 2.78 bits per heavy atom. The van der Waals surface area contributed by atoms with Crippen LogP contribution in [-0.2, 0) is 0 Å². The van der Waals surface area contributed by atoms with Crippen LogP contribution < -0.4 is 16.2 Å². The summed E-state index contributed by atoms with van der Waals surface area (Å²) in [5.74, 6) is 6.86. The summed E-state index contributed by atoms with van der Waals surface area (Å²) in [6.45, 7) is 1.93. The number of likely N-dealkylation sites (N-methyl/N-ethyl adjacent to an activating group) is 1. The third-order valence-electron chi connectivity index (χ3n) is 3.72. The highest BCUT2D eigenvalue weighted by Gasteiger charge is 2.28. The van der Waals surface area contributed by atoms with Gasteiger partial charge in [-0.3, -0.25) is 0 Å². The van der Waals surface area contributed by atoms with Gasteiger partial charge in [0.1, 0.15) is 18.0 Å². The summed E-state index contributed by atoms with van der Waals surface area (Å²) in [6.07, 6.45) is 5.31. The van der Waals surface area contributed by atoms with E-state index in [1.165, 1.54) is 6.33 Å². The highest BCUT2D eigenvalue weighted by Crippen LogP contribution is 2.28. The van der Waals surface area contributed by atoms with Crippen molar-refractivity contribution >= 4 is 11.6 Å². The number of anilines is 2. The lowest BCUT2D eigenvalue weighted by molar-refractivity contribution is 0.106. The fraction of sp³-hybridized carbons (Fsp3) is 0.667. The minimum absolute atomic E-state index is 0.123. The van der Waals surface area contributed by atoms with E-state index in [-0.39, 0.29) is 12.1 Å². The number of aromatic nitrogens is 2. The fourth-order valence-corrected chi connectivity index (χ4v) is 2.64. The lowest BCUT2D eigenvalue weighted by Gasteiger charge is -2.36. The van der Waals surface area contributed by atoms with Crippen LogP contribution in [0, 0.1) is 6.92 Å². The van der Waals surface area contributed by atoms with Gasteiger partial charge in [-0.15, -0.1) is 0 Å². The zero-order valence-corrected chi connectivity index (χ0v) is 10.9. The fourth-order valence-electron chi connectivity index (χ4n) is 2.64. The number of aliphatic hydroxyl groups is 1. The first kappa shape index (κ1) is 13.0. The molecule has 1 aromatic heterocycles. The van der Waals surface area contributed by atoms with E-state index in [1.807, 2.05) is 18.9 Å². The average Bonchev–Trinajstić information content (AvgIpc) is 2.39. The lowest BCUT2D eigenvalue weighted by atomic mass is 9.91. The van der Waals surface area contributed by atoms with E-state index in [1.54, 1.807) is 0 Å². The van der Waals surface area contributed by atoms with Gasteiger partial charge in [0.25, 0.3) is 0 Å². The number of nitrogens with two attached hydrogens (primary N) is 1. The van der Waals surface area contributed by atoms with Crippen molar-refractivity contribution in [2.45, 2.75) is 44.8 Å². The Morgan fingerprint density at radius 1 is 1.39 bits per heavy atom. The van der Waals surface area contributed by atoms with Gasteiger partial charge in [0, 0.05) is 12.6 Å². The summed E-state index contributed by atoms with van der Waals surface area (Å²) >= 11 is 0. The summed E-state index contributed by atoms with van der Waals surface area (Å²) in [6, 6.07) is 0.123. The van der Waals surface area contributed by atoms with Gasteiger partial charge < -0.3 is 15.4 Å². The van der Waals surface area contributed by atoms with Crippen LogP contribution in [0.3, 0.4) is 0 Å². The predicted molar refractivity (Wildman–Crippen MR) is 71.2 cm³/mol. The maximum absolute atomic E-state index is 10.1. The molecule has 0 aliphatic heterocycles. The molecule has 0 aromatic carbocycles. The molecule has 6 nitrogen and oxygen atoms in total. The normalized spacial score (nSPS) is 23.8. The van der Waals surface area contributed by atoms with Crippen LogP contribution in [0.1, 0.15) is 31.2 Å². The van der Waals surface area contributed by atoms with Crippen LogP contribution in [0.2, 0.25) is 0 Å². The van der Waals surface area contributed by atoms with E-state index < -0.39 is 0 Å². The van der Waals surface area contributed by atoms with Crippen molar-refractivity contribution in [2.75, 3.05) is 17.4 Å². The van der Waals surface area contributed by atoms with E-state index in [0.29, 0.717) is 5.82 Å². The molecule has 1 aromatic rings. The van der Waals surface area contributed by atoms with Crippen LogP contribution in [0.15, 0.2) is 6.33 Å². The SMILES string of the molecule is Cc1c(NN)ncnc1N(C)C1CCCCC1O. The highest BCUT2D eigenvalue weighted by atomic mass is 16.3. The van der Waals surface area contributed by atoms with E-state index in [9.17, 15) is 5.11 Å². The molecule has 2 rings (SSSR count). The molecule has 18 heavy (non-hydrogen) atoms. The molecule has 0 spiro atoms. The molecule has 1 aliphatic carbocycles. The third-order valence-corrected chi connectivity index (χ3v) is 3.72. The van der Waals surface area contributed by atoms with Crippen LogP contribution in [-0.4, -0.2) is 34.3 Å². The molecule has 2 atom stereocenters. The number of nitrogens with one attached hydrogen (secondary N) is 1. The summed E-state index contributed by atoms with van der Waals surface area (Å²) in [4.78, 5) is 10.4.